The highest BCUT2D eigenvalue weighted by atomic mass is 19.4. The van der Waals surface area contributed by atoms with E-state index in [0.29, 0.717) is 19.5 Å². The summed E-state index contributed by atoms with van der Waals surface area (Å²) in [7, 11) is 0. The van der Waals surface area contributed by atoms with Crippen LogP contribution >= 0.6 is 0 Å². The lowest BCUT2D eigenvalue weighted by molar-refractivity contribution is -0.137. The van der Waals surface area contributed by atoms with E-state index in [1.54, 1.807) is 9.58 Å². The van der Waals surface area contributed by atoms with Crippen LogP contribution < -0.4 is 0 Å². The summed E-state index contributed by atoms with van der Waals surface area (Å²) in [6.45, 7) is 0.840. The van der Waals surface area contributed by atoms with Gasteiger partial charge in [-0.25, -0.2) is 4.68 Å². The zero-order chi connectivity index (χ0) is 19.7. The molecule has 28 heavy (non-hydrogen) atoms. The second-order valence-corrected chi connectivity index (χ2v) is 6.72. The zero-order valence-corrected chi connectivity index (χ0v) is 14.8. The summed E-state index contributed by atoms with van der Waals surface area (Å²) in [6.07, 6.45) is -1.97. The Hall–Kier alpha value is -3.16. The van der Waals surface area contributed by atoms with Crippen molar-refractivity contribution in [2.24, 2.45) is 0 Å². The van der Waals surface area contributed by atoms with Crippen molar-refractivity contribution in [3.63, 3.8) is 0 Å². The summed E-state index contributed by atoms with van der Waals surface area (Å²) in [4.78, 5) is 14.2. The summed E-state index contributed by atoms with van der Waals surface area (Å²) in [5.74, 6) is -0.406. The van der Waals surface area contributed by atoms with Gasteiger partial charge in [0, 0.05) is 24.2 Å². The van der Waals surface area contributed by atoms with Crippen LogP contribution in [0.2, 0.25) is 0 Å². The number of likely N-dealkylation sites (tertiary alicyclic amines) is 1. The molecule has 1 aromatic heterocycles. The number of hydrogen-bond donors (Lipinski definition) is 0. The molecular weight excluding hydrogens is 369 g/mol. The number of nitrogens with zero attached hydrogens (tertiary/aromatic N) is 4. The van der Waals surface area contributed by atoms with Crippen molar-refractivity contribution < 1.29 is 18.0 Å². The van der Waals surface area contributed by atoms with Crippen LogP contribution in [0.1, 0.15) is 28.4 Å². The number of rotatable bonds is 3. The van der Waals surface area contributed by atoms with E-state index in [-0.39, 0.29) is 11.6 Å². The van der Waals surface area contributed by atoms with Gasteiger partial charge in [0.25, 0.3) is 5.91 Å². The van der Waals surface area contributed by atoms with Crippen LogP contribution in [0, 0.1) is 0 Å². The molecule has 0 aliphatic carbocycles. The average Bonchev–Trinajstić information content (AvgIpc) is 3.37. The first-order valence-corrected chi connectivity index (χ1v) is 8.85. The number of aromatic nitrogens is 3. The monoisotopic (exact) mass is 386 g/mol. The van der Waals surface area contributed by atoms with Crippen molar-refractivity contribution in [1.29, 1.82) is 0 Å². The van der Waals surface area contributed by atoms with Crippen molar-refractivity contribution in [3.05, 3.63) is 71.9 Å². The lowest BCUT2D eigenvalue weighted by Gasteiger charge is -2.17. The highest BCUT2D eigenvalue weighted by Gasteiger charge is 2.33. The van der Waals surface area contributed by atoms with Gasteiger partial charge in [0.05, 0.1) is 17.8 Å². The van der Waals surface area contributed by atoms with Crippen LogP contribution in [0.4, 0.5) is 13.2 Å². The average molecular weight is 386 g/mol. The molecule has 144 valence electrons. The van der Waals surface area contributed by atoms with Crippen molar-refractivity contribution in [1.82, 2.24) is 19.9 Å². The molecule has 1 aliphatic rings. The van der Waals surface area contributed by atoms with E-state index in [4.69, 9.17) is 0 Å². The fraction of sp³-hybridized carbons (Fsp3) is 0.250. The molecule has 1 saturated heterocycles. The number of hydrogen-bond acceptors (Lipinski definition) is 3. The molecule has 0 saturated carbocycles. The van der Waals surface area contributed by atoms with Crippen molar-refractivity contribution >= 4 is 5.91 Å². The first-order valence-electron chi connectivity index (χ1n) is 8.85. The summed E-state index contributed by atoms with van der Waals surface area (Å²) in [5, 5.41) is 8.35. The smallest absolute Gasteiger partial charge is 0.336 e. The molecule has 1 fully saturated rings. The van der Waals surface area contributed by atoms with Gasteiger partial charge < -0.3 is 4.90 Å². The van der Waals surface area contributed by atoms with Gasteiger partial charge in [-0.3, -0.25) is 4.79 Å². The number of benzene rings is 2. The Kier molecular flexibility index (Phi) is 4.62. The molecule has 2 aromatic carbocycles. The number of alkyl halides is 3. The van der Waals surface area contributed by atoms with Gasteiger partial charge in [-0.05, 0) is 24.6 Å². The Bertz CT molecular complexity index is 984. The predicted molar refractivity (Wildman–Crippen MR) is 96.5 cm³/mol. The molecular formula is C20H17F3N4O. The van der Waals surface area contributed by atoms with Crippen LogP contribution in [0.5, 0.6) is 0 Å². The van der Waals surface area contributed by atoms with Crippen LogP contribution in [0.15, 0.2) is 60.8 Å². The van der Waals surface area contributed by atoms with E-state index in [1.807, 2.05) is 36.5 Å². The Morgan fingerprint density at radius 1 is 1.07 bits per heavy atom. The predicted octanol–water partition coefficient (Wildman–Crippen LogP) is 4.05. The first-order chi connectivity index (χ1) is 13.4. The van der Waals surface area contributed by atoms with Gasteiger partial charge in [-0.15, -0.1) is 5.10 Å². The van der Waals surface area contributed by atoms with E-state index in [0.717, 1.165) is 23.4 Å². The van der Waals surface area contributed by atoms with E-state index < -0.39 is 17.6 Å². The Balaban J connectivity index is 1.47. The van der Waals surface area contributed by atoms with Crippen molar-refractivity contribution in [3.8, 4) is 11.3 Å². The van der Waals surface area contributed by atoms with Gasteiger partial charge in [-0.2, -0.15) is 13.2 Å². The first kappa shape index (κ1) is 18.2. The molecule has 1 aliphatic heterocycles. The minimum absolute atomic E-state index is 0.0408. The Labute approximate surface area is 159 Å². The van der Waals surface area contributed by atoms with Gasteiger partial charge in [0.15, 0.2) is 0 Å². The molecule has 4 rings (SSSR count). The highest BCUT2D eigenvalue weighted by molar-refractivity contribution is 5.94. The molecule has 0 bridgehead atoms. The van der Waals surface area contributed by atoms with E-state index in [9.17, 15) is 18.0 Å². The third-order valence-corrected chi connectivity index (χ3v) is 4.84. The van der Waals surface area contributed by atoms with Crippen molar-refractivity contribution in [2.45, 2.75) is 18.6 Å². The van der Waals surface area contributed by atoms with Crippen molar-refractivity contribution in [2.75, 3.05) is 13.1 Å². The molecule has 0 radical (unpaired) electrons. The maximum absolute atomic E-state index is 12.9. The lowest BCUT2D eigenvalue weighted by atomic mass is 10.1. The van der Waals surface area contributed by atoms with Gasteiger partial charge in [-0.1, -0.05) is 41.6 Å². The SMILES string of the molecule is O=C(c1cccc(C(F)(F)F)c1)N1CCC(n2cc(-c3ccccc3)nn2)C1. The molecule has 8 heteroatoms. The molecule has 0 spiro atoms. The Morgan fingerprint density at radius 2 is 1.86 bits per heavy atom. The van der Waals surface area contributed by atoms with Crippen LogP contribution in [-0.4, -0.2) is 38.9 Å². The van der Waals surface area contributed by atoms with Crippen LogP contribution in [-0.2, 0) is 6.18 Å². The molecule has 0 N–H and O–H groups in total. The minimum Gasteiger partial charge on any atom is -0.336 e. The van der Waals surface area contributed by atoms with E-state index >= 15 is 0 Å². The van der Waals surface area contributed by atoms with Crippen LogP contribution in [0.25, 0.3) is 11.3 Å². The van der Waals surface area contributed by atoms with Crippen LogP contribution in [0.3, 0.4) is 0 Å². The second-order valence-electron chi connectivity index (χ2n) is 6.72. The summed E-state index contributed by atoms with van der Waals surface area (Å²) in [5.41, 5.74) is 0.906. The standard InChI is InChI=1S/C20H17F3N4O/c21-20(22,23)16-8-4-7-15(11-16)19(28)26-10-9-17(12-26)27-13-18(24-25-27)14-5-2-1-3-6-14/h1-8,11,13,17H,9-10,12H2. The lowest BCUT2D eigenvalue weighted by Crippen LogP contribution is -2.29. The number of carbonyl (C=O) groups excluding carboxylic acids is 1. The fourth-order valence-corrected chi connectivity index (χ4v) is 3.35. The summed E-state index contributed by atoms with van der Waals surface area (Å²) >= 11 is 0. The number of amides is 1. The molecule has 2 heterocycles. The zero-order valence-electron chi connectivity index (χ0n) is 14.8. The molecule has 1 unspecified atom stereocenters. The highest BCUT2D eigenvalue weighted by Crippen LogP contribution is 2.30. The van der Waals surface area contributed by atoms with E-state index in [2.05, 4.69) is 10.3 Å². The Morgan fingerprint density at radius 3 is 2.61 bits per heavy atom. The quantitative estimate of drug-likeness (QED) is 0.682. The van der Waals surface area contributed by atoms with Gasteiger partial charge in [0.1, 0.15) is 5.69 Å². The minimum atomic E-state index is -4.47. The molecule has 5 nitrogen and oxygen atoms in total. The number of carbonyl (C=O) groups is 1. The third-order valence-electron chi connectivity index (χ3n) is 4.84. The van der Waals surface area contributed by atoms with Gasteiger partial charge >= 0.3 is 6.18 Å². The maximum Gasteiger partial charge on any atom is 0.416 e. The fourth-order valence-electron chi connectivity index (χ4n) is 3.35. The second kappa shape index (κ2) is 7.10. The summed E-state index contributed by atoms with van der Waals surface area (Å²) in [6, 6.07) is 14.1. The largest absolute Gasteiger partial charge is 0.416 e. The van der Waals surface area contributed by atoms with E-state index in [1.165, 1.54) is 12.1 Å². The molecule has 1 amide bonds. The molecule has 1 atom stereocenters. The maximum atomic E-state index is 12.9. The van der Waals surface area contributed by atoms with Gasteiger partial charge in [0.2, 0.25) is 0 Å². The topological polar surface area (TPSA) is 51.0 Å². The normalized spacial score (nSPS) is 17.1. The third kappa shape index (κ3) is 3.62. The summed E-state index contributed by atoms with van der Waals surface area (Å²) < 4.78 is 40.4. The number of halogens is 3. The molecule has 3 aromatic rings.